The number of para-hydroxylation sites is 1. The van der Waals surface area contributed by atoms with Gasteiger partial charge in [0.1, 0.15) is 17.7 Å². The maximum absolute atomic E-state index is 13.0. The first-order chi connectivity index (χ1) is 18.0. The second-order valence-electron chi connectivity index (χ2n) is 9.16. The van der Waals surface area contributed by atoms with Crippen LogP contribution in [0.5, 0.6) is 5.75 Å². The van der Waals surface area contributed by atoms with Crippen LogP contribution in [-0.2, 0) is 9.59 Å². The van der Waals surface area contributed by atoms with E-state index in [1.165, 1.54) is 0 Å². The minimum Gasteiger partial charge on any atom is -0.484 e. The fourth-order valence-electron chi connectivity index (χ4n) is 4.82. The van der Waals surface area contributed by atoms with Crippen molar-refractivity contribution in [3.8, 4) is 5.75 Å². The first-order valence-corrected chi connectivity index (χ1v) is 12.2. The molecular formula is C27H27N7O3. The predicted molar refractivity (Wildman–Crippen MR) is 140 cm³/mol. The number of aromatic nitrogens is 2. The largest absolute Gasteiger partial charge is 0.484 e. The number of hydrogen-bond acceptors (Lipinski definition) is 7. The Labute approximate surface area is 213 Å². The molecule has 3 unspecified atom stereocenters. The van der Waals surface area contributed by atoms with Gasteiger partial charge in [-0.1, -0.05) is 48.5 Å². The standard InChI is InChI=1S/C27H27N7O3/c1-17-13-23(29-24(35)16-37-21-12-11-18-7-5-6-8-19(18)14-21)34(32-17)27-30-25-22(26(36)31-27)15-28-33(25)20-9-3-2-4-10-20/h2-14,22,25,27-28,30H,15-16H2,1H3,(H,29,35)(H,31,36). The van der Waals surface area contributed by atoms with Crippen molar-refractivity contribution >= 4 is 34.1 Å². The Morgan fingerprint density at radius 2 is 1.84 bits per heavy atom. The molecule has 3 aromatic carbocycles. The first kappa shape index (κ1) is 23.0. The molecule has 2 amide bonds. The zero-order valence-electron chi connectivity index (χ0n) is 20.2. The van der Waals surface area contributed by atoms with Gasteiger partial charge in [-0.3, -0.25) is 19.9 Å². The SMILES string of the molecule is Cc1cc(NC(=O)COc2ccc3ccccc3c2)n(C2NC(=O)C3CNN(c4ccccc4)C3N2)n1. The molecule has 0 aliphatic carbocycles. The van der Waals surface area contributed by atoms with Crippen LogP contribution in [0, 0.1) is 12.8 Å². The van der Waals surface area contributed by atoms with Crippen LogP contribution in [0.3, 0.4) is 0 Å². The van der Waals surface area contributed by atoms with E-state index in [1.54, 1.807) is 10.7 Å². The Hall–Kier alpha value is -4.41. The summed E-state index contributed by atoms with van der Waals surface area (Å²) in [4.78, 5) is 25.7. The van der Waals surface area contributed by atoms with Crippen molar-refractivity contribution in [2.75, 3.05) is 23.5 Å². The summed E-state index contributed by atoms with van der Waals surface area (Å²) in [6.07, 6.45) is -0.935. The molecule has 0 radical (unpaired) electrons. The van der Waals surface area contributed by atoms with Crippen LogP contribution in [0.4, 0.5) is 11.5 Å². The second-order valence-corrected chi connectivity index (χ2v) is 9.16. The van der Waals surface area contributed by atoms with E-state index in [-0.39, 0.29) is 30.5 Å². The van der Waals surface area contributed by atoms with Gasteiger partial charge in [0.2, 0.25) is 5.91 Å². The minimum absolute atomic E-state index is 0.0928. The maximum atomic E-state index is 13.0. The van der Waals surface area contributed by atoms with Gasteiger partial charge in [-0.05, 0) is 42.0 Å². The van der Waals surface area contributed by atoms with Crippen LogP contribution in [-0.4, -0.2) is 40.9 Å². The lowest BCUT2D eigenvalue weighted by Crippen LogP contribution is -2.61. The molecule has 2 aliphatic rings. The molecule has 1 aromatic heterocycles. The summed E-state index contributed by atoms with van der Waals surface area (Å²) in [6, 6.07) is 25.3. The molecule has 2 saturated heterocycles. The average Bonchev–Trinajstić information content (AvgIpc) is 3.51. The number of nitrogens with one attached hydrogen (secondary N) is 4. The molecule has 3 heterocycles. The second kappa shape index (κ2) is 9.57. The van der Waals surface area contributed by atoms with Crippen LogP contribution in [0.25, 0.3) is 10.8 Å². The van der Waals surface area contributed by atoms with E-state index < -0.39 is 6.29 Å². The van der Waals surface area contributed by atoms with E-state index in [2.05, 4.69) is 26.5 Å². The summed E-state index contributed by atoms with van der Waals surface area (Å²) in [5, 5.41) is 17.9. The molecule has 10 heteroatoms. The Morgan fingerprint density at radius 3 is 2.68 bits per heavy atom. The van der Waals surface area contributed by atoms with Crippen molar-refractivity contribution in [2.24, 2.45) is 5.92 Å². The summed E-state index contributed by atoms with van der Waals surface area (Å²) in [5.41, 5.74) is 4.96. The van der Waals surface area contributed by atoms with Crippen molar-refractivity contribution in [1.29, 1.82) is 0 Å². The van der Waals surface area contributed by atoms with Crippen molar-refractivity contribution in [1.82, 2.24) is 25.8 Å². The number of carbonyl (C=O) groups excluding carboxylic acids is 2. The number of nitrogens with zero attached hydrogens (tertiary/aromatic N) is 3. The van der Waals surface area contributed by atoms with Gasteiger partial charge in [-0.25, -0.2) is 10.1 Å². The average molecular weight is 498 g/mol. The highest BCUT2D eigenvalue weighted by molar-refractivity contribution is 5.91. The van der Waals surface area contributed by atoms with Crippen molar-refractivity contribution in [3.05, 3.63) is 84.6 Å². The smallest absolute Gasteiger partial charge is 0.263 e. The zero-order valence-corrected chi connectivity index (χ0v) is 20.2. The molecule has 3 atom stereocenters. The molecule has 6 rings (SSSR count). The third kappa shape index (κ3) is 4.59. The number of aryl methyl sites for hydroxylation is 1. The number of hydrogen-bond donors (Lipinski definition) is 4. The molecule has 188 valence electrons. The lowest BCUT2D eigenvalue weighted by molar-refractivity contribution is -0.129. The molecule has 4 N–H and O–H groups in total. The van der Waals surface area contributed by atoms with Gasteiger partial charge >= 0.3 is 0 Å². The van der Waals surface area contributed by atoms with Crippen LogP contribution < -0.4 is 31.1 Å². The van der Waals surface area contributed by atoms with Gasteiger partial charge in [-0.15, -0.1) is 0 Å². The third-order valence-electron chi connectivity index (χ3n) is 6.58. The highest BCUT2D eigenvalue weighted by Gasteiger charge is 2.45. The fraction of sp³-hybridized carbons (Fsp3) is 0.222. The number of carbonyl (C=O) groups is 2. The summed E-state index contributed by atoms with van der Waals surface area (Å²) in [7, 11) is 0. The molecule has 2 aliphatic heterocycles. The maximum Gasteiger partial charge on any atom is 0.263 e. The molecule has 0 saturated carbocycles. The Bertz CT molecular complexity index is 1450. The Balaban J connectivity index is 1.15. The minimum atomic E-state index is -0.648. The quantitative estimate of drug-likeness (QED) is 0.324. The van der Waals surface area contributed by atoms with E-state index in [0.29, 0.717) is 23.8 Å². The molecule has 4 aromatic rings. The summed E-state index contributed by atoms with van der Waals surface area (Å²) < 4.78 is 7.32. The van der Waals surface area contributed by atoms with Crippen LogP contribution in [0.2, 0.25) is 0 Å². The predicted octanol–water partition coefficient (Wildman–Crippen LogP) is 2.50. The van der Waals surface area contributed by atoms with E-state index >= 15 is 0 Å². The molecular weight excluding hydrogens is 470 g/mol. The van der Waals surface area contributed by atoms with Gasteiger partial charge in [-0.2, -0.15) is 5.10 Å². The van der Waals surface area contributed by atoms with Crippen LogP contribution in [0.1, 0.15) is 12.0 Å². The number of hydrazine groups is 1. The van der Waals surface area contributed by atoms with Gasteiger partial charge in [0, 0.05) is 12.6 Å². The van der Waals surface area contributed by atoms with Crippen molar-refractivity contribution in [2.45, 2.75) is 19.4 Å². The normalized spacial score (nSPS) is 20.9. The van der Waals surface area contributed by atoms with E-state index in [9.17, 15) is 9.59 Å². The van der Waals surface area contributed by atoms with Gasteiger partial charge in [0.25, 0.3) is 5.91 Å². The summed E-state index contributed by atoms with van der Waals surface area (Å²) >= 11 is 0. The lowest BCUT2D eigenvalue weighted by Gasteiger charge is -2.37. The number of amides is 2. The van der Waals surface area contributed by atoms with Crippen LogP contribution in [0.15, 0.2) is 78.9 Å². The topological polar surface area (TPSA) is 113 Å². The van der Waals surface area contributed by atoms with Crippen LogP contribution >= 0.6 is 0 Å². The van der Waals surface area contributed by atoms with E-state index in [0.717, 1.165) is 16.5 Å². The third-order valence-corrected chi connectivity index (χ3v) is 6.58. The van der Waals surface area contributed by atoms with Gasteiger partial charge in [0.05, 0.1) is 17.3 Å². The number of fused-ring (bicyclic) bond motifs is 2. The van der Waals surface area contributed by atoms with E-state index in [4.69, 9.17) is 4.74 Å². The Kier molecular flexibility index (Phi) is 5.95. The zero-order chi connectivity index (χ0) is 25.4. The first-order valence-electron chi connectivity index (χ1n) is 12.2. The highest BCUT2D eigenvalue weighted by atomic mass is 16.5. The number of rotatable bonds is 6. The van der Waals surface area contributed by atoms with Crippen molar-refractivity contribution in [3.63, 3.8) is 0 Å². The number of ether oxygens (including phenoxy) is 1. The van der Waals surface area contributed by atoms with E-state index in [1.807, 2.05) is 84.7 Å². The lowest BCUT2D eigenvalue weighted by atomic mass is 10.0. The van der Waals surface area contributed by atoms with Crippen molar-refractivity contribution < 1.29 is 14.3 Å². The Morgan fingerprint density at radius 1 is 1.05 bits per heavy atom. The summed E-state index contributed by atoms with van der Waals surface area (Å²) in [6.45, 7) is 2.18. The molecule has 37 heavy (non-hydrogen) atoms. The molecule has 2 fully saturated rings. The highest BCUT2D eigenvalue weighted by Crippen LogP contribution is 2.28. The monoisotopic (exact) mass is 497 g/mol. The number of anilines is 2. The summed E-state index contributed by atoms with van der Waals surface area (Å²) in [5.74, 6) is 0.368. The molecule has 10 nitrogen and oxygen atoms in total. The molecule has 0 bridgehead atoms. The number of benzene rings is 3. The fourth-order valence-corrected chi connectivity index (χ4v) is 4.82. The van der Waals surface area contributed by atoms with Gasteiger partial charge < -0.3 is 15.4 Å². The van der Waals surface area contributed by atoms with Gasteiger partial charge in [0.15, 0.2) is 12.9 Å². The molecule has 0 spiro atoms.